The van der Waals surface area contributed by atoms with Gasteiger partial charge in [0.2, 0.25) is 11.8 Å². The Balaban J connectivity index is 1.96. The van der Waals surface area contributed by atoms with Crippen molar-refractivity contribution in [3.05, 3.63) is 23.2 Å². The quantitative estimate of drug-likeness (QED) is 0.801. The number of fused-ring (bicyclic) bond motifs is 1. The smallest absolute Gasteiger partial charge is 0.307 e. The van der Waals surface area contributed by atoms with Gasteiger partial charge >= 0.3 is 5.97 Å². The maximum atomic E-state index is 12.0. The minimum atomic E-state index is -0.998. The molecule has 1 saturated heterocycles. The second kappa shape index (κ2) is 6.92. The van der Waals surface area contributed by atoms with Gasteiger partial charge in [0, 0.05) is 24.4 Å². The number of aliphatic carboxylic acids is 1. The number of hydrogen-bond donors (Lipinski definition) is 1. The predicted molar refractivity (Wildman–Crippen MR) is 90.9 cm³/mol. The third-order valence-corrected chi connectivity index (χ3v) is 4.81. The van der Waals surface area contributed by atoms with Crippen molar-refractivity contribution in [3.8, 4) is 5.75 Å². The third kappa shape index (κ3) is 3.42. The maximum Gasteiger partial charge on any atom is 0.307 e. The van der Waals surface area contributed by atoms with E-state index in [1.54, 1.807) is 18.2 Å². The molecule has 1 fully saturated rings. The summed E-state index contributed by atoms with van der Waals surface area (Å²) in [6, 6.07) is 4.69. The van der Waals surface area contributed by atoms with Crippen molar-refractivity contribution in [2.45, 2.75) is 38.3 Å². The fourth-order valence-corrected chi connectivity index (χ4v) is 3.59. The van der Waals surface area contributed by atoms with Gasteiger partial charge in [-0.2, -0.15) is 0 Å². The van der Waals surface area contributed by atoms with Gasteiger partial charge in [0.15, 0.2) is 0 Å². The standard InChI is InChI=1S/C17H19ClN2O5/c1-2-19-11-7-10(18)3-4-13(11)25-14(8-17(23)24)12(19)9-20-15(21)5-6-16(20)22/h3-4,7,12,14H,2,5-6,8-9H2,1H3,(H,23,24). The lowest BCUT2D eigenvalue weighted by molar-refractivity contribution is -0.139. The molecule has 1 aromatic carbocycles. The first-order valence-electron chi connectivity index (χ1n) is 8.18. The van der Waals surface area contributed by atoms with Crippen molar-refractivity contribution in [2.75, 3.05) is 18.0 Å². The summed E-state index contributed by atoms with van der Waals surface area (Å²) in [4.78, 5) is 38.4. The number of anilines is 1. The minimum absolute atomic E-state index is 0.107. The Morgan fingerprint density at radius 3 is 2.60 bits per heavy atom. The molecule has 1 aromatic rings. The number of carboxylic acid groups (broad SMARTS) is 1. The molecule has 0 aromatic heterocycles. The molecule has 2 heterocycles. The number of carbonyl (C=O) groups excluding carboxylic acids is 2. The lowest BCUT2D eigenvalue weighted by Crippen LogP contribution is -2.56. The molecule has 2 aliphatic rings. The number of carbonyl (C=O) groups is 3. The Labute approximate surface area is 150 Å². The van der Waals surface area contributed by atoms with E-state index in [1.807, 2.05) is 11.8 Å². The van der Waals surface area contributed by atoms with Crippen molar-refractivity contribution in [1.82, 2.24) is 4.90 Å². The summed E-state index contributed by atoms with van der Waals surface area (Å²) in [5.41, 5.74) is 0.737. The van der Waals surface area contributed by atoms with Gasteiger partial charge in [0.25, 0.3) is 0 Å². The van der Waals surface area contributed by atoms with Gasteiger partial charge in [-0.1, -0.05) is 11.6 Å². The Hall–Kier alpha value is -2.28. The molecule has 8 heteroatoms. The number of rotatable bonds is 5. The lowest BCUT2D eigenvalue weighted by atomic mass is 10.0. The number of likely N-dealkylation sites (tertiary alicyclic amines) is 1. The van der Waals surface area contributed by atoms with E-state index in [2.05, 4.69) is 0 Å². The van der Waals surface area contributed by atoms with Crippen LogP contribution >= 0.6 is 11.6 Å². The molecule has 2 unspecified atom stereocenters. The first-order valence-corrected chi connectivity index (χ1v) is 8.56. The predicted octanol–water partition coefficient (Wildman–Crippen LogP) is 1.92. The summed E-state index contributed by atoms with van der Waals surface area (Å²) in [7, 11) is 0. The van der Waals surface area contributed by atoms with Gasteiger partial charge < -0.3 is 14.7 Å². The van der Waals surface area contributed by atoms with E-state index in [1.165, 1.54) is 4.90 Å². The van der Waals surface area contributed by atoms with E-state index in [0.717, 1.165) is 5.69 Å². The molecule has 0 radical (unpaired) electrons. The first kappa shape index (κ1) is 17.5. The van der Waals surface area contributed by atoms with Crippen LogP contribution in [0.5, 0.6) is 5.75 Å². The Morgan fingerprint density at radius 2 is 2.00 bits per heavy atom. The average Bonchev–Trinajstić information content (AvgIpc) is 2.87. The third-order valence-electron chi connectivity index (χ3n) is 4.58. The van der Waals surface area contributed by atoms with Gasteiger partial charge in [0.05, 0.1) is 24.7 Å². The molecule has 0 aliphatic carbocycles. The van der Waals surface area contributed by atoms with Gasteiger partial charge in [-0.3, -0.25) is 19.3 Å². The fraction of sp³-hybridized carbons (Fsp3) is 0.471. The first-order chi connectivity index (χ1) is 11.9. The van der Waals surface area contributed by atoms with Crippen LogP contribution in [-0.4, -0.2) is 53.0 Å². The van der Waals surface area contributed by atoms with E-state index in [-0.39, 0.29) is 37.6 Å². The molecule has 2 aliphatic heterocycles. The van der Waals surface area contributed by atoms with Crippen molar-refractivity contribution in [1.29, 1.82) is 0 Å². The minimum Gasteiger partial charge on any atom is -0.485 e. The number of likely N-dealkylation sites (N-methyl/N-ethyl adjacent to an activating group) is 1. The molecule has 25 heavy (non-hydrogen) atoms. The zero-order valence-corrected chi connectivity index (χ0v) is 14.5. The van der Waals surface area contributed by atoms with Crippen LogP contribution in [0.1, 0.15) is 26.2 Å². The SMILES string of the molecule is CCN1c2cc(Cl)ccc2OC(CC(=O)O)C1CN1C(=O)CCC1=O. The highest BCUT2D eigenvalue weighted by molar-refractivity contribution is 6.31. The Kier molecular flexibility index (Phi) is 4.85. The summed E-state index contributed by atoms with van der Waals surface area (Å²) in [5.74, 6) is -0.908. The second-order valence-corrected chi connectivity index (χ2v) is 6.55. The van der Waals surface area contributed by atoms with Crippen LogP contribution in [0, 0.1) is 0 Å². The van der Waals surface area contributed by atoms with Crippen LogP contribution < -0.4 is 9.64 Å². The van der Waals surface area contributed by atoms with Crippen LogP contribution in [0.3, 0.4) is 0 Å². The highest BCUT2D eigenvalue weighted by Gasteiger charge is 2.41. The summed E-state index contributed by atoms with van der Waals surface area (Å²) < 4.78 is 5.89. The highest BCUT2D eigenvalue weighted by atomic mass is 35.5. The van der Waals surface area contributed by atoms with Crippen LogP contribution in [0.25, 0.3) is 0 Å². The van der Waals surface area contributed by atoms with Crippen LogP contribution in [0.2, 0.25) is 5.02 Å². The molecular weight excluding hydrogens is 348 g/mol. The number of imide groups is 1. The van der Waals surface area contributed by atoms with Crippen LogP contribution in [0.15, 0.2) is 18.2 Å². The summed E-state index contributed by atoms with van der Waals surface area (Å²) in [6.45, 7) is 2.59. The molecule has 7 nitrogen and oxygen atoms in total. The topological polar surface area (TPSA) is 87.2 Å². The van der Waals surface area contributed by atoms with E-state index in [4.69, 9.17) is 16.3 Å². The van der Waals surface area contributed by atoms with E-state index in [0.29, 0.717) is 17.3 Å². The maximum absolute atomic E-state index is 12.0. The Bertz CT molecular complexity index is 707. The van der Waals surface area contributed by atoms with Crippen LogP contribution in [-0.2, 0) is 14.4 Å². The number of carboxylic acids is 1. The molecule has 2 amide bonds. The van der Waals surface area contributed by atoms with Crippen molar-refractivity contribution in [3.63, 3.8) is 0 Å². The summed E-state index contributed by atoms with van der Waals surface area (Å²) in [5, 5.41) is 9.76. The normalized spacial score (nSPS) is 22.8. The van der Waals surface area contributed by atoms with Gasteiger partial charge in [-0.15, -0.1) is 0 Å². The molecular formula is C17H19ClN2O5. The summed E-state index contributed by atoms with van der Waals surface area (Å²) in [6.07, 6.45) is -0.499. The number of benzene rings is 1. The van der Waals surface area contributed by atoms with Crippen LogP contribution in [0.4, 0.5) is 5.69 Å². The van der Waals surface area contributed by atoms with Gasteiger partial charge in [-0.25, -0.2) is 0 Å². The molecule has 2 atom stereocenters. The zero-order chi connectivity index (χ0) is 18.1. The van der Waals surface area contributed by atoms with E-state index in [9.17, 15) is 19.5 Å². The zero-order valence-electron chi connectivity index (χ0n) is 13.8. The van der Waals surface area contributed by atoms with Gasteiger partial charge in [-0.05, 0) is 25.1 Å². The monoisotopic (exact) mass is 366 g/mol. The van der Waals surface area contributed by atoms with E-state index < -0.39 is 18.1 Å². The number of nitrogens with zero attached hydrogens (tertiary/aromatic N) is 2. The largest absolute Gasteiger partial charge is 0.485 e. The number of ether oxygens (including phenoxy) is 1. The molecule has 0 bridgehead atoms. The van der Waals surface area contributed by atoms with Crippen molar-refractivity contribution < 1.29 is 24.2 Å². The van der Waals surface area contributed by atoms with Gasteiger partial charge in [0.1, 0.15) is 11.9 Å². The molecule has 0 saturated carbocycles. The molecule has 134 valence electrons. The molecule has 1 N–H and O–H groups in total. The summed E-state index contributed by atoms with van der Waals surface area (Å²) >= 11 is 6.09. The number of hydrogen-bond acceptors (Lipinski definition) is 5. The fourth-order valence-electron chi connectivity index (χ4n) is 3.42. The number of amides is 2. The molecule has 0 spiro atoms. The Morgan fingerprint density at radius 1 is 1.32 bits per heavy atom. The molecule has 3 rings (SSSR count). The lowest BCUT2D eigenvalue weighted by Gasteiger charge is -2.43. The second-order valence-electron chi connectivity index (χ2n) is 6.12. The van der Waals surface area contributed by atoms with Crippen molar-refractivity contribution in [2.24, 2.45) is 0 Å². The average molecular weight is 367 g/mol. The highest BCUT2D eigenvalue weighted by Crippen LogP contribution is 2.39. The van der Waals surface area contributed by atoms with E-state index >= 15 is 0 Å². The number of halogens is 1. The van der Waals surface area contributed by atoms with Crippen molar-refractivity contribution >= 4 is 35.1 Å².